The van der Waals surface area contributed by atoms with Gasteiger partial charge < -0.3 is 10.8 Å². The predicted molar refractivity (Wildman–Crippen MR) is 61.0 cm³/mol. The molecule has 2 unspecified atom stereocenters. The van der Waals surface area contributed by atoms with E-state index in [1.807, 2.05) is 11.8 Å². The molecule has 0 aromatic rings. The summed E-state index contributed by atoms with van der Waals surface area (Å²) in [6.07, 6.45) is 0. The summed E-state index contributed by atoms with van der Waals surface area (Å²) < 4.78 is 0. The minimum atomic E-state index is 0.259. The summed E-state index contributed by atoms with van der Waals surface area (Å²) in [6, 6.07) is 0. The fraction of sp³-hybridized carbons (Fsp3) is 1.00. The highest BCUT2D eigenvalue weighted by atomic mass is 32.2. The summed E-state index contributed by atoms with van der Waals surface area (Å²) in [7, 11) is 0. The molecule has 0 aliphatic heterocycles. The minimum absolute atomic E-state index is 0.259. The van der Waals surface area contributed by atoms with E-state index in [1.165, 1.54) is 0 Å². The zero-order valence-corrected chi connectivity index (χ0v) is 10.0. The van der Waals surface area contributed by atoms with Crippen LogP contribution in [0.4, 0.5) is 0 Å². The molecule has 0 saturated carbocycles. The van der Waals surface area contributed by atoms with E-state index in [0.29, 0.717) is 17.7 Å². The standard InChI is InChI=1S/C10H23NOS/c1-8(6-12)7-13-9(5-11)10(2,3)4/h8-9,12H,5-7,11H2,1-4H3. The van der Waals surface area contributed by atoms with Crippen molar-refractivity contribution in [3.05, 3.63) is 0 Å². The van der Waals surface area contributed by atoms with Crippen LogP contribution in [0.5, 0.6) is 0 Å². The van der Waals surface area contributed by atoms with Crippen molar-refractivity contribution in [2.24, 2.45) is 17.1 Å². The van der Waals surface area contributed by atoms with Crippen molar-refractivity contribution in [2.75, 3.05) is 18.9 Å². The van der Waals surface area contributed by atoms with Crippen LogP contribution in [-0.4, -0.2) is 29.3 Å². The number of aliphatic hydroxyl groups is 1. The molecular weight excluding hydrogens is 182 g/mol. The summed E-state index contributed by atoms with van der Waals surface area (Å²) in [5.41, 5.74) is 5.96. The van der Waals surface area contributed by atoms with Gasteiger partial charge in [0, 0.05) is 18.4 Å². The van der Waals surface area contributed by atoms with Crippen LogP contribution in [0.1, 0.15) is 27.7 Å². The maximum Gasteiger partial charge on any atom is 0.0464 e. The van der Waals surface area contributed by atoms with Crippen molar-refractivity contribution in [3.8, 4) is 0 Å². The van der Waals surface area contributed by atoms with Crippen LogP contribution >= 0.6 is 11.8 Å². The lowest BCUT2D eigenvalue weighted by molar-refractivity contribution is 0.250. The molecule has 2 atom stereocenters. The molecule has 0 aliphatic carbocycles. The van der Waals surface area contributed by atoms with Gasteiger partial charge in [-0.2, -0.15) is 11.8 Å². The molecule has 0 fully saturated rings. The van der Waals surface area contributed by atoms with Gasteiger partial charge in [-0.15, -0.1) is 0 Å². The number of hydrogen-bond acceptors (Lipinski definition) is 3. The average molecular weight is 205 g/mol. The summed E-state index contributed by atoms with van der Waals surface area (Å²) in [6.45, 7) is 9.67. The lowest BCUT2D eigenvalue weighted by atomic mass is 9.92. The number of aliphatic hydroxyl groups excluding tert-OH is 1. The van der Waals surface area contributed by atoms with Crippen LogP contribution in [0.25, 0.3) is 0 Å². The molecule has 3 heteroatoms. The molecular formula is C10H23NOS. The van der Waals surface area contributed by atoms with Gasteiger partial charge in [0.25, 0.3) is 0 Å². The zero-order chi connectivity index (χ0) is 10.5. The number of nitrogens with two attached hydrogens (primary N) is 1. The molecule has 3 N–H and O–H groups in total. The van der Waals surface area contributed by atoms with Crippen molar-refractivity contribution in [1.29, 1.82) is 0 Å². The van der Waals surface area contributed by atoms with E-state index in [2.05, 4.69) is 27.7 Å². The maximum atomic E-state index is 8.88. The van der Waals surface area contributed by atoms with E-state index in [0.717, 1.165) is 5.75 Å². The lowest BCUT2D eigenvalue weighted by Gasteiger charge is -2.29. The van der Waals surface area contributed by atoms with Gasteiger partial charge in [-0.05, 0) is 17.1 Å². The lowest BCUT2D eigenvalue weighted by Crippen LogP contribution is -2.31. The van der Waals surface area contributed by atoms with Gasteiger partial charge in [0.2, 0.25) is 0 Å². The molecule has 0 spiro atoms. The number of hydrogen-bond donors (Lipinski definition) is 2. The van der Waals surface area contributed by atoms with Crippen LogP contribution in [0.2, 0.25) is 0 Å². The van der Waals surface area contributed by atoms with Crippen molar-refractivity contribution >= 4 is 11.8 Å². The Morgan fingerprint density at radius 3 is 2.23 bits per heavy atom. The van der Waals surface area contributed by atoms with E-state index in [1.54, 1.807) is 0 Å². The molecule has 0 heterocycles. The highest BCUT2D eigenvalue weighted by molar-refractivity contribution is 8.00. The van der Waals surface area contributed by atoms with Gasteiger partial charge in [-0.25, -0.2) is 0 Å². The van der Waals surface area contributed by atoms with Gasteiger partial charge in [0.05, 0.1) is 0 Å². The predicted octanol–water partition coefficient (Wildman–Crippen LogP) is 1.72. The molecule has 0 aromatic heterocycles. The summed E-state index contributed by atoms with van der Waals surface area (Å²) in [5, 5.41) is 9.37. The van der Waals surface area contributed by atoms with Crippen LogP contribution in [0, 0.1) is 11.3 Å². The average Bonchev–Trinajstić information content (AvgIpc) is 2.02. The third-order valence-corrected chi connectivity index (χ3v) is 4.14. The van der Waals surface area contributed by atoms with Gasteiger partial charge in [-0.3, -0.25) is 0 Å². The van der Waals surface area contributed by atoms with Gasteiger partial charge in [0.1, 0.15) is 0 Å². The molecule has 0 aliphatic rings. The number of rotatable bonds is 5. The van der Waals surface area contributed by atoms with Crippen molar-refractivity contribution < 1.29 is 5.11 Å². The Bertz CT molecular complexity index is 133. The van der Waals surface area contributed by atoms with Crippen LogP contribution in [0.15, 0.2) is 0 Å². The summed E-state index contributed by atoms with van der Waals surface area (Å²) in [5.74, 6) is 1.37. The fourth-order valence-electron chi connectivity index (χ4n) is 1.00. The van der Waals surface area contributed by atoms with E-state index in [-0.39, 0.29) is 12.0 Å². The normalized spacial score (nSPS) is 17.1. The molecule has 80 valence electrons. The molecule has 0 saturated heterocycles. The topological polar surface area (TPSA) is 46.2 Å². The Morgan fingerprint density at radius 2 is 1.92 bits per heavy atom. The van der Waals surface area contributed by atoms with E-state index < -0.39 is 0 Å². The molecule has 0 bridgehead atoms. The van der Waals surface area contributed by atoms with Gasteiger partial charge in [-0.1, -0.05) is 27.7 Å². The minimum Gasteiger partial charge on any atom is -0.396 e. The first kappa shape index (κ1) is 13.3. The largest absolute Gasteiger partial charge is 0.396 e. The SMILES string of the molecule is CC(CO)CSC(CN)C(C)(C)C. The van der Waals surface area contributed by atoms with Crippen LogP contribution < -0.4 is 5.73 Å². The molecule has 0 rings (SSSR count). The molecule has 2 nitrogen and oxygen atoms in total. The van der Waals surface area contributed by atoms with E-state index >= 15 is 0 Å². The molecule has 0 amide bonds. The third-order valence-electron chi connectivity index (χ3n) is 2.07. The van der Waals surface area contributed by atoms with E-state index in [4.69, 9.17) is 10.8 Å². The van der Waals surface area contributed by atoms with Gasteiger partial charge >= 0.3 is 0 Å². The second-order valence-electron chi connectivity index (χ2n) is 4.71. The van der Waals surface area contributed by atoms with Crippen molar-refractivity contribution in [3.63, 3.8) is 0 Å². The van der Waals surface area contributed by atoms with Crippen LogP contribution in [-0.2, 0) is 0 Å². The molecule has 0 aromatic carbocycles. The fourth-order valence-corrected chi connectivity index (χ4v) is 2.31. The Balaban J connectivity index is 3.86. The maximum absolute atomic E-state index is 8.88. The zero-order valence-electron chi connectivity index (χ0n) is 9.21. The quantitative estimate of drug-likeness (QED) is 0.718. The highest BCUT2D eigenvalue weighted by Gasteiger charge is 2.23. The van der Waals surface area contributed by atoms with Gasteiger partial charge in [0.15, 0.2) is 0 Å². The Labute approximate surface area is 86.3 Å². The smallest absolute Gasteiger partial charge is 0.0464 e. The summed E-state index contributed by atoms with van der Waals surface area (Å²) in [4.78, 5) is 0. The first-order valence-electron chi connectivity index (χ1n) is 4.84. The second kappa shape index (κ2) is 5.89. The Morgan fingerprint density at radius 1 is 1.38 bits per heavy atom. The monoisotopic (exact) mass is 205 g/mol. The number of thioether (sulfide) groups is 1. The second-order valence-corrected chi connectivity index (χ2v) is 5.95. The first-order chi connectivity index (χ1) is 5.91. The Kier molecular flexibility index (Phi) is 6.01. The molecule has 0 radical (unpaired) electrons. The van der Waals surface area contributed by atoms with Crippen molar-refractivity contribution in [2.45, 2.75) is 32.9 Å². The molecule has 13 heavy (non-hydrogen) atoms. The first-order valence-corrected chi connectivity index (χ1v) is 5.89. The van der Waals surface area contributed by atoms with Crippen LogP contribution in [0.3, 0.4) is 0 Å². The third kappa shape index (κ3) is 5.55. The van der Waals surface area contributed by atoms with E-state index in [9.17, 15) is 0 Å². The Hall–Kier alpha value is 0.270. The van der Waals surface area contributed by atoms with Crippen molar-refractivity contribution in [1.82, 2.24) is 0 Å². The summed E-state index contributed by atoms with van der Waals surface area (Å²) >= 11 is 1.88. The highest BCUT2D eigenvalue weighted by Crippen LogP contribution is 2.30.